The van der Waals surface area contributed by atoms with Gasteiger partial charge < -0.3 is 4.52 Å². The van der Waals surface area contributed by atoms with Crippen molar-refractivity contribution in [3.63, 3.8) is 0 Å². The molecule has 0 unspecified atom stereocenters. The standard InChI is InChI=1S/C15H10N4O/c1-10-6-11(9-16)8-12(7-10)15-18-14(19-20-15)13-4-2-3-5-17-13/h2-8H,1H3. The summed E-state index contributed by atoms with van der Waals surface area (Å²) in [6.07, 6.45) is 1.67. The van der Waals surface area contributed by atoms with Crippen molar-refractivity contribution in [2.24, 2.45) is 0 Å². The second-order valence-electron chi connectivity index (χ2n) is 4.34. The average Bonchev–Trinajstić information content (AvgIpc) is 2.97. The Hall–Kier alpha value is -3.00. The third-order valence-corrected chi connectivity index (χ3v) is 2.77. The van der Waals surface area contributed by atoms with E-state index in [4.69, 9.17) is 9.78 Å². The first kappa shape index (κ1) is 12.1. The summed E-state index contributed by atoms with van der Waals surface area (Å²) in [5, 5.41) is 12.9. The molecule has 0 N–H and O–H groups in total. The highest BCUT2D eigenvalue weighted by molar-refractivity contribution is 5.60. The molecular weight excluding hydrogens is 252 g/mol. The maximum Gasteiger partial charge on any atom is 0.258 e. The highest BCUT2D eigenvalue weighted by Gasteiger charge is 2.12. The molecule has 0 spiro atoms. The van der Waals surface area contributed by atoms with Crippen LogP contribution in [-0.4, -0.2) is 15.1 Å². The number of pyridine rings is 1. The Labute approximate surface area is 115 Å². The minimum absolute atomic E-state index is 0.380. The first-order valence-electron chi connectivity index (χ1n) is 6.03. The van der Waals surface area contributed by atoms with E-state index in [1.165, 1.54) is 0 Å². The normalized spacial score (nSPS) is 10.2. The van der Waals surface area contributed by atoms with E-state index in [1.54, 1.807) is 18.3 Å². The molecule has 0 aliphatic heterocycles. The molecule has 3 aromatic rings. The van der Waals surface area contributed by atoms with Crippen LogP contribution in [0, 0.1) is 18.3 Å². The molecule has 0 bridgehead atoms. The molecule has 5 nitrogen and oxygen atoms in total. The third kappa shape index (κ3) is 2.27. The second kappa shape index (κ2) is 4.94. The van der Waals surface area contributed by atoms with Gasteiger partial charge in [0.15, 0.2) is 0 Å². The Morgan fingerprint density at radius 3 is 2.85 bits per heavy atom. The Balaban J connectivity index is 2.03. The SMILES string of the molecule is Cc1cc(C#N)cc(-c2nc(-c3ccccn3)no2)c1. The van der Waals surface area contributed by atoms with Crippen LogP contribution >= 0.6 is 0 Å². The lowest BCUT2D eigenvalue weighted by Crippen LogP contribution is -1.85. The van der Waals surface area contributed by atoms with Gasteiger partial charge in [-0.3, -0.25) is 4.98 Å². The zero-order chi connectivity index (χ0) is 13.9. The van der Waals surface area contributed by atoms with Gasteiger partial charge in [-0.25, -0.2) is 0 Å². The topological polar surface area (TPSA) is 75.6 Å². The van der Waals surface area contributed by atoms with Crippen molar-refractivity contribution in [3.05, 3.63) is 53.7 Å². The minimum atomic E-state index is 0.380. The molecule has 0 aliphatic carbocycles. The summed E-state index contributed by atoms with van der Waals surface area (Å²) in [4.78, 5) is 8.49. The second-order valence-corrected chi connectivity index (χ2v) is 4.34. The first-order chi connectivity index (χ1) is 9.76. The number of rotatable bonds is 2. The van der Waals surface area contributed by atoms with Crippen LogP contribution in [0.2, 0.25) is 0 Å². The number of nitrogens with zero attached hydrogens (tertiary/aromatic N) is 4. The van der Waals surface area contributed by atoms with Gasteiger partial charge in [0, 0.05) is 11.8 Å². The average molecular weight is 262 g/mol. The van der Waals surface area contributed by atoms with Gasteiger partial charge in [0.2, 0.25) is 5.82 Å². The molecule has 0 amide bonds. The van der Waals surface area contributed by atoms with Gasteiger partial charge in [0.1, 0.15) is 5.69 Å². The Morgan fingerprint density at radius 2 is 2.10 bits per heavy atom. The fraction of sp³-hybridized carbons (Fsp3) is 0.0667. The molecule has 1 aromatic carbocycles. The van der Waals surface area contributed by atoms with E-state index in [0.717, 1.165) is 11.1 Å². The quantitative estimate of drug-likeness (QED) is 0.709. The van der Waals surface area contributed by atoms with E-state index < -0.39 is 0 Å². The van der Waals surface area contributed by atoms with Gasteiger partial charge in [0.05, 0.1) is 11.6 Å². The van der Waals surface area contributed by atoms with Gasteiger partial charge in [-0.2, -0.15) is 10.2 Å². The molecule has 2 aromatic heterocycles. The van der Waals surface area contributed by atoms with Crippen molar-refractivity contribution >= 4 is 0 Å². The fourth-order valence-corrected chi connectivity index (χ4v) is 1.91. The number of hydrogen-bond acceptors (Lipinski definition) is 5. The van der Waals surface area contributed by atoms with Crippen LogP contribution < -0.4 is 0 Å². The van der Waals surface area contributed by atoms with Crippen molar-refractivity contribution in [2.45, 2.75) is 6.92 Å². The summed E-state index contributed by atoms with van der Waals surface area (Å²) in [7, 11) is 0. The molecule has 0 aliphatic rings. The monoisotopic (exact) mass is 262 g/mol. The highest BCUT2D eigenvalue weighted by Crippen LogP contribution is 2.23. The summed E-state index contributed by atoms with van der Waals surface area (Å²) in [6.45, 7) is 1.92. The summed E-state index contributed by atoms with van der Waals surface area (Å²) in [5.41, 5.74) is 2.92. The van der Waals surface area contributed by atoms with Crippen LogP contribution in [0.1, 0.15) is 11.1 Å². The fourth-order valence-electron chi connectivity index (χ4n) is 1.91. The van der Waals surface area contributed by atoms with Crippen molar-refractivity contribution in [3.8, 4) is 29.0 Å². The molecule has 20 heavy (non-hydrogen) atoms. The van der Waals surface area contributed by atoms with E-state index in [9.17, 15) is 0 Å². The summed E-state index contributed by atoms with van der Waals surface area (Å²) in [5.74, 6) is 0.812. The predicted octanol–water partition coefficient (Wildman–Crippen LogP) is 2.98. The van der Waals surface area contributed by atoms with Gasteiger partial charge in [-0.15, -0.1) is 0 Å². The Bertz CT molecular complexity index is 787. The lowest BCUT2D eigenvalue weighted by atomic mass is 10.1. The molecule has 96 valence electrons. The molecule has 0 atom stereocenters. The molecular formula is C15H10N4O. The van der Waals surface area contributed by atoms with E-state index in [1.807, 2.05) is 31.2 Å². The van der Waals surface area contributed by atoms with Crippen LogP contribution in [0.25, 0.3) is 23.0 Å². The maximum atomic E-state index is 8.99. The third-order valence-electron chi connectivity index (χ3n) is 2.77. The number of aromatic nitrogens is 3. The lowest BCUT2D eigenvalue weighted by Gasteiger charge is -1.98. The van der Waals surface area contributed by atoms with Gasteiger partial charge in [-0.1, -0.05) is 11.2 Å². The van der Waals surface area contributed by atoms with Gasteiger partial charge in [-0.05, 0) is 42.8 Å². The number of aryl methyl sites for hydroxylation is 1. The Kier molecular flexibility index (Phi) is 2.98. The van der Waals surface area contributed by atoms with Crippen LogP contribution in [0.5, 0.6) is 0 Å². The smallest absolute Gasteiger partial charge is 0.258 e. The molecule has 2 heterocycles. The van der Waals surface area contributed by atoms with E-state index in [0.29, 0.717) is 23.0 Å². The minimum Gasteiger partial charge on any atom is -0.334 e. The molecule has 0 saturated heterocycles. The summed E-state index contributed by atoms with van der Waals surface area (Å²) >= 11 is 0. The highest BCUT2D eigenvalue weighted by atomic mass is 16.5. The first-order valence-corrected chi connectivity index (χ1v) is 6.03. The Morgan fingerprint density at radius 1 is 1.20 bits per heavy atom. The summed E-state index contributed by atoms with van der Waals surface area (Å²) in [6, 6.07) is 13.0. The van der Waals surface area contributed by atoms with Crippen LogP contribution in [-0.2, 0) is 0 Å². The van der Waals surface area contributed by atoms with E-state index >= 15 is 0 Å². The summed E-state index contributed by atoms with van der Waals surface area (Å²) < 4.78 is 5.25. The van der Waals surface area contributed by atoms with E-state index in [-0.39, 0.29) is 0 Å². The van der Waals surface area contributed by atoms with Crippen molar-refractivity contribution in [2.75, 3.05) is 0 Å². The molecule has 3 rings (SSSR count). The number of nitriles is 1. The molecule has 0 radical (unpaired) electrons. The zero-order valence-electron chi connectivity index (χ0n) is 10.7. The van der Waals surface area contributed by atoms with Crippen LogP contribution in [0.15, 0.2) is 47.1 Å². The van der Waals surface area contributed by atoms with Crippen LogP contribution in [0.3, 0.4) is 0 Å². The van der Waals surface area contributed by atoms with E-state index in [2.05, 4.69) is 21.2 Å². The number of benzene rings is 1. The van der Waals surface area contributed by atoms with Crippen molar-refractivity contribution < 1.29 is 4.52 Å². The number of hydrogen-bond donors (Lipinski definition) is 0. The molecule has 0 fully saturated rings. The maximum absolute atomic E-state index is 8.99. The lowest BCUT2D eigenvalue weighted by molar-refractivity contribution is 0.432. The van der Waals surface area contributed by atoms with Gasteiger partial charge in [0.25, 0.3) is 5.89 Å². The van der Waals surface area contributed by atoms with Crippen molar-refractivity contribution in [1.29, 1.82) is 5.26 Å². The largest absolute Gasteiger partial charge is 0.334 e. The van der Waals surface area contributed by atoms with Crippen LogP contribution in [0.4, 0.5) is 0 Å². The predicted molar refractivity (Wildman–Crippen MR) is 72.4 cm³/mol. The van der Waals surface area contributed by atoms with Crippen molar-refractivity contribution in [1.82, 2.24) is 15.1 Å². The molecule has 5 heteroatoms. The zero-order valence-corrected chi connectivity index (χ0v) is 10.7. The molecule has 0 saturated carbocycles. The van der Waals surface area contributed by atoms with Gasteiger partial charge >= 0.3 is 0 Å².